The second kappa shape index (κ2) is 5.03. The number of carbonyl (C=O) groups is 1. The Balaban J connectivity index is 1.83. The number of nitrogens with zero attached hydrogens (tertiary/aromatic N) is 3. The van der Waals surface area contributed by atoms with Gasteiger partial charge in [0.25, 0.3) is 5.91 Å². The zero-order chi connectivity index (χ0) is 14.1. The van der Waals surface area contributed by atoms with E-state index in [0.29, 0.717) is 5.92 Å². The second-order valence-corrected chi connectivity index (χ2v) is 5.04. The molecule has 2 heterocycles. The highest BCUT2D eigenvalue weighted by Gasteiger charge is 2.36. The predicted octanol–water partition coefficient (Wildman–Crippen LogP) is 1.84. The standard InChI is InChI=1S/C14H15FN4O/c1-19-7-6-17-13(19)12(9-2-3-9)18-14(20)10-4-5-16-8-11(10)15/h4-9,12H,2-3H2,1H3,(H,18,20). The number of rotatable bonds is 4. The van der Waals surface area contributed by atoms with Gasteiger partial charge in [0.1, 0.15) is 5.82 Å². The second-order valence-electron chi connectivity index (χ2n) is 5.04. The Morgan fingerprint density at radius 1 is 1.50 bits per heavy atom. The van der Waals surface area contributed by atoms with Gasteiger partial charge in [0, 0.05) is 25.6 Å². The summed E-state index contributed by atoms with van der Waals surface area (Å²) >= 11 is 0. The molecular weight excluding hydrogens is 259 g/mol. The molecule has 2 aromatic rings. The minimum atomic E-state index is -0.612. The van der Waals surface area contributed by atoms with Gasteiger partial charge in [-0.05, 0) is 24.8 Å². The molecule has 0 aromatic carbocycles. The predicted molar refractivity (Wildman–Crippen MR) is 70.3 cm³/mol. The Morgan fingerprint density at radius 3 is 2.90 bits per heavy atom. The first-order valence-corrected chi connectivity index (χ1v) is 6.54. The molecule has 104 valence electrons. The number of halogens is 1. The molecule has 1 saturated carbocycles. The zero-order valence-corrected chi connectivity index (χ0v) is 11.1. The van der Waals surface area contributed by atoms with Crippen LogP contribution in [-0.2, 0) is 7.05 Å². The highest BCUT2D eigenvalue weighted by Crippen LogP contribution is 2.40. The summed E-state index contributed by atoms with van der Waals surface area (Å²) < 4.78 is 15.5. The number of hydrogen-bond acceptors (Lipinski definition) is 3. The lowest BCUT2D eigenvalue weighted by molar-refractivity contribution is 0.0924. The van der Waals surface area contributed by atoms with E-state index in [1.54, 1.807) is 6.20 Å². The van der Waals surface area contributed by atoms with Crippen molar-refractivity contribution in [2.45, 2.75) is 18.9 Å². The number of imidazole rings is 1. The molecule has 1 unspecified atom stereocenters. The highest BCUT2D eigenvalue weighted by atomic mass is 19.1. The lowest BCUT2D eigenvalue weighted by Gasteiger charge is -2.18. The molecule has 2 aromatic heterocycles. The van der Waals surface area contributed by atoms with Crippen LogP contribution in [0, 0.1) is 11.7 Å². The maximum atomic E-state index is 13.6. The van der Waals surface area contributed by atoms with E-state index in [9.17, 15) is 9.18 Å². The van der Waals surface area contributed by atoms with Gasteiger partial charge in [-0.25, -0.2) is 9.37 Å². The molecule has 0 radical (unpaired) electrons. The highest BCUT2D eigenvalue weighted by molar-refractivity contribution is 5.94. The van der Waals surface area contributed by atoms with Crippen LogP contribution in [0.1, 0.15) is 35.1 Å². The summed E-state index contributed by atoms with van der Waals surface area (Å²) in [6, 6.07) is 1.21. The van der Waals surface area contributed by atoms with Crippen LogP contribution in [-0.4, -0.2) is 20.4 Å². The summed E-state index contributed by atoms with van der Waals surface area (Å²) in [7, 11) is 1.89. The third-order valence-electron chi connectivity index (χ3n) is 3.53. The van der Waals surface area contributed by atoms with Crippen molar-refractivity contribution in [3.8, 4) is 0 Å². The first kappa shape index (κ1) is 12.8. The van der Waals surface area contributed by atoms with Crippen LogP contribution in [0.4, 0.5) is 4.39 Å². The molecule has 1 amide bonds. The molecule has 1 aliphatic rings. The van der Waals surface area contributed by atoms with Gasteiger partial charge in [0.2, 0.25) is 0 Å². The lowest BCUT2D eigenvalue weighted by atomic mass is 10.1. The summed E-state index contributed by atoms with van der Waals surface area (Å²) in [5, 5.41) is 2.89. The zero-order valence-electron chi connectivity index (χ0n) is 11.1. The number of pyridine rings is 1. The monoisotopic (exact) mass is 274 g/mol. The van der Waals surface area contributed by atoms with Crippen molar-refractivity contribution >= 4 is 5.91 Å². The molecule has 1 atom stereocenters. The van der Waals surface area contributed by atoms with E-state index in [1.165, 1.54) is 12.3 Å². The van der Waals surface area contributed by atoms with Crippen LogP contribution in [0.2, 0.25) is 0 Å². The van der Waals surface area contributed by atoms with Crippen molar-refractivity contribution in [2.75, 3.05) is 0 Å². The van der Waals surface area contributed by atoms with E-state index in [2.05, 4.69) is 15.3 Å². The Labute approximate surface area is 115 Å². The van der Waals surface area contributed by atoms with E-state index in [1.807, 2.05) is 17.8 Å². The van der Waals surface area contributed by atoms with Crippen LogP contribution >= 0.6 is 0 Å². The van der Waals surface area contributed by atoms with Gasteiger partial charge < -0.3 is 9.88 Å². The average Bonchev–Trinajstić information content (AvgIpc) is 3.19. The Hall–Kier alpha value is -2.24. The normalized spacial score (nSPS) is 15.9. The molecule has 1 fully saturated rings. The van der Waals surface area contributed by atoms with E-state index in [-0.39, 0.29) is 11.6 Å². The van der Waals surface area contributed by atoms with E-state index in [0.717, 1.165) is 24.9 Å². The minimum absolute atomic E-state index is 0.0138. The van der Waals surface area contributed by atoms with Gasteiger partial charge in [-0.1, -0.05) is 0 Å². The van der Waals surface area contributed by atoms with Gasteiger partial charge in [-0.2, -0.15) is 0 Å². The van der Waals surface area contributed by atoms with Gasteiger partial charge >= 0.3 is 0 Å². The Kier molecular flexibility index (Phi) is 3.22. The van der Waals surface area contributed by atoms with Crippen LogP contribution in [0.25, 0.3) is 0 Å². The first-order valence-electron chi connectivity index (χ1n) is 6.54. The quantitative estimate of drug-likeness (QED) is 0.925. The van der Waals surface area contributed by atoms with E-state index < -0.39 is 11.7 Å². The Bertz CT molecular complexity index is 636. The fraction of sp³-hybridized carbons (Fsp3) is 0.357. The maximum Gasteiger partial charge on any atom is 0.254 e. The number of nitrogens with one attached hydrogen (secondary N) is 1. The van der Waals surface area contributed by atoms with Crippen molar-refractivity contribution in [3.05, 3.63) is 48.1 Å². The number of aromatic nitrogens is 3. The van der Waals surface area contributed by atoms with Crippen molar-refractivity contribution in [3.63, 3.8) is 0 Å². The maximum absolute atomic E-state index is 13.6. The minimum Gasteiger partial charge on any atom is -0.342 e. The lowest BCUT2D eigenvalue weighted by Crippen LogP contribution is -2.32. The summed E-state index contributed by atoms with van der Waals surface area (Å²) in [6.45, 7) is 0. The van der Waals surface area contributed by atoms with Crippen molar-refractivity contribution in [2.24, 2.45) is 13.0 Å². The molecular formula is C14H15FN4O. The molecule has 0 bridgehead atoms. The van der Waals surface area contributed by atoms with Crippen LogP contribution in [0.3, 0.4) is 0 Å². The number of amides is 1. The molecule has 0 spiro atoms. The fourth-order valence-corrected chi connectivity index (χ4v) is 2.28. The van der Waals surface area contributed by atoms with Crippen molar-refractivity contribution in [1.82, 2.24) is 19.9 Å². The summed E-state index contributed by atoms with van der Waals surface area (Å²) in [6.07, 6.45) is 8.09. The molecule has 1 aliphatic carbocycles. The topological polar surface area (TPSA) is 59.8 Å². The van der Waals surface area contributed by atoms with Crippen LogP contribution < -0.4 is 5.32 Å². The number of aryl methyl sites for hydroxylation is 1. The smallest absolute Gasteiger partial charge is 0.254 e. The third-order valence-corrected chi connectivity index (χ3v) is 3.53. The van der Waals surface area contributed by atoms with Crippen molar-refractivity contribution < 1.29 is 9.18 Å². The van der Waals surface area contributed by atoms with E-state index in [4.69, 9.17) is 0 Å². The molecule has 0 aliphatic heterocycles. The average molecular weight is 274 g/mol. The number of carbonyl (C=O) groups excluding carboxylic acids is 1. The molecule has 1 N–H and O–H groups in total. The third kappa shape index (κ3) is 2.41. The van der Waals surface area contributed by atoms with Crippen LogP contribution in [0.15, 0.2) is 30.9 Å². The van der Waals surface area contributed by atoms with E-state index >= 15 is 0 Å². The summed E-state index contributed by atoms with van der Waals surface area (Å²) in [5.41, 5.74) is 0.0138. The first-order chi connectivity index (χ1) is 9.66. The molecule has 0 saturated heterocycles. The van der Waals surface area contributed by atoms with Crippen LogP contribution in [0.5, 0.6) is 0 Å². The molecule has 20 heavy (non-hydrogen) atoms. The molecule has 3 rings (SSSR count). The van der Waals surface area contributed by atoms with Gasteiger partial charge in [0.15, 0.2) is 5.82 Å². The van der Waals surface area contributed by atoms with Gasteiger partial charge in [0.05, 0.1) is 17.8 Å². The Morgan fingerprint density at radius 2 is 2.30 bits per heavy atom. The molecule has 6 heteroatoms. The van der Waals surface area contributed by atoms with Crippen molar-refractivity contribution in [1.29, 1.82) is 0 Å². The largest absolute Gasteiger partial charge is 0.342 e. The van der Waals surface area contributed by atoms with Gasteiger partial charge in [-0.3, -0.25) is 9.78 Å². The summed E-state index contributed by atoms with van der Waals surface area (Å²) in [5.74, 6) is 0.143. The molecule has 5 nitrogen and oxygen atoms in total. The van der Waals surface area contributed by atoms with Gasteiger partial charge in [-0.15, -0.1) is 0 Å². The summed E-state index contributed by atoms with van der Waals surface area (Å²) in [4.78, 5) is 20.1. The fourth-order valence-electron chi connectivity index (χ4n) is 2.28. The number of hydrogen-bond donors (Lipinski definition) is 1. The SMILES string of the molecule is Cn1ccnc1C(NC(=O)c1ccncc1F)C1CC1.